The molecule has 0 unspecified atom stereocenters. The summed E-state index contributed by atoms with van der Waals surface area (Å²) in [5.41, 5.74) is 2.85. The number of benzene rings is 1. The number of rotatable bonds is 3. The molecule has 5 nitrogen and oxygen atoms in total. The number of H-pyrrole nitrogens is 1. The maximum absolute atomic E-state index is 11.2. The number of imidazole rings is 1. The smallest absolute Gasteiger partial charge is 0.325 e. The third kappa shape index (κ3) is 2.38. The lowest BCUT2D eigenvalue weighted by Gasteiger charge is -2.17. The lowest BCUT2D eigenvalue weighted by atomic mass is 10.2. The molecule has 1 aromatic heterocycles. The van der Waals surface area contributed by atoms with E-state index in [1.54, 1.807) is 0 Å². The molecule has 0 aliphatic heterocycles. The number of aromatic amines is 1. The van der Waals surface area contributed by atoms with Crippen LogP contribution in [0.1, 0.15) is 5.82 Å². The fourth-order valence-electron chi connectivity index (χ4n) is 1.71. The molecule has 17 heavy (non-hydrogen) atoms. The Labute approximate surface area is 99.4 Å². The van der Waals surface area contributed by atoms with Gasteiger partial charge in [-0.1, -0.05) is 0 Å². The first kappa shape index (κ1) is 11.4. The molecule has 0 spiro atoms. The van der Waals surface area contributed by atoms with Crippen molar-refractivity contribution in [3.8, 4) is 0 Å². The van der Waals surface area contributed by atoms with E-state index in [1.165, 1.54) is 7.11 Å². The van der Waals surface area contributed by atoms with E-state index < -0.39 is 0 Å². The summed E-state index contributed by atoms with van der Waals surface area (Å²) in [5, 5.41) is 0. The van der Waals surface area contributed by atoms with Crippen LogP contribution in [0, 0.1) is 6.92 Å². The number of nitrogens with one attached hydrogen (secondary N) is 1. The van der Waals surface area contributed by atoms with Crippen LogP contribution in [-0.2, 0) is 9.53 Å². The van der Waals surface area contributed by atoms with E-state index >= 15 is 0 Å². The van der Waals surface area contributed by atoms with Crippen molar-refractivity contribution in [2.75, 3.05) is 25.6 Å². The van der Waals surface area contributed by atoms with Crippen LogP contribution in [-0.4, -0.2) is 36.6 Å². The number of carbonyl (C=O) groups excluding carboxylic acids is 1. The number of hydrogen-bond donors (Lipinski definition) is 1. The van der Waals surface area contributed by atoms with E-state index in [2.05, 4.69) is 14.7 Å². The summed E-state index contributed by atoms with van der Waals surface area (Å²) in [6, 6.07) is 5.84. The van der Waals surface area contributed by atoms with E-state index in [0.29, 0.717) is 0 Å². The zero-order valence-corrected chi connectivity index (χ0v) is 10.2. The average molecular weight is 233 g/mol. The summed E-state index contributed by atoms with van der Waals surface area (Å²) in [4.78, 5) is 20.5. The number of methoxy groups -OCH3 is 1. The normalized spacial score (nSPS) is 10.5. The third-order valence-electron chi connectivity index (χ3n) is 2.62. The van der Waals surface area contributed by atoms with Crippen LogP contribution in [0.2, 0.25) is 0 Å². The zero-order chi connectivity index (χ0) is 12.4. The summed E-state index contributed by atoms with van der Waals surface area (Å²) in [7, 11) is 3.24. The minimum Gasteiger partial charge on any atom is -0.468 e. The van der Waals surface area contributed by atoms with Gasteiger partial charge in [-0.15, -0.1) is 0 Å². The van der Waals surface area contributed by atoms with Gasteiger partial charge in [0.1, 0.15) is 12.4 Å². The first-order valence-corrected chi connectivity index (χ1v) is 5.34. The van der Waals surface area contributed by atoms with Crippen molar-refractivity contribution in [2.24, 2.45) is 0 Å². The maximum atomic E-state index is 11.2. The number of esters is 1. The van der Waals surface area contributed by atoms with Crippen molar-refractivity contribution in [2.45, 2.75) is 6.92 Å². The number of aryl methyl sites for hydroxylation is 1. The molecule has 5 heteroatoms. The molecule has 1 aromatic carbocycles. The Morgan fingerprint density at radius 2 is 2.29 bits per heavy atom. The minimum absolute atomic E-state index is 0.231. The summed E-state index contributed by atoms with van der Waals surface area (Å²) >= 11 is 0. The van der Waals surface area contributed by atoms with Gasteiger partial charge in [-0.3, -0.25) is 4.79 Å². The quantitative estimate of drug-likeness (QED) is 0.816. The van der Waals surface area contributed by atoms with Gasteiger partial charge in [-0.25, -0.2) is 4.98 Å². The Kier molecular flexibility index (Phi) is 2.99. The van der Waals surface area contributed by atoms with Crippen LogP contribution >= 0.6 is 0 Å². The number of likely N-dealkylation sites (N-methyl/N-ethyl adjacent to an activating group) is 1. The number of aromatic nitrogens is 2. The highest BCUT2D eigenvalue weighted by Gasteiger charge is 2.08. The van der Waals surface area contributed by atoms with Crippen molar-refractivity contribution in [1.82, 2.24) is 9.97 Å². The van der Waals surface area contributed by atoms with Gasteiger partial charge in [0.05, 0.1) is 18.1 Å². The molecule has 0 fully saturated rings. The molecule has 2 rings (SSSR count). The fraction of sp³-hybridized carbons (Fsp3) is 0.333. The van der Waals surface area contributed by atoms with Gasteiger partial charge in [-0.05, 0) is 25.1 Å². The van der Waals surface area contributed by atoms with E-state index in [4.69, 9.17) is 0 Å². The first-order chi connectivity index (χ1) is 8.10. The number of ether oxygens (including phenoxy) is 1. The van der Waals surface area contributed by atoms with Crippen LogP contribution < -0.4 is 4.90 Å². The predicted octanol–water partition coefficient (Wildman–Crippen LogP) is 1.48. The molecule has 0 bridgehead atoms. The van der Waals surface area contributed by atoms with Gasteiger partial charge in [-0.2, -0.15) is 0 Å². The second-order valence-corrected chi connectivity index (χ2v) is 3.96. The van der Waals surface area contributed by atoms with E-state index in [9.17, 15) is 4.79 Å². The lowest BCUT2D eigenvalue weighted by Crippen LogP contribution is -2.26. The van der Waals surface area contributed by atoms with Gasteiger partial charge >= 0.3 is 5.97 Å². The fourth-order valence-corrected chi connectivity index (χ4v) is 1.71. The number of nitrogens with zero attached hydrogens (tertiary/aromatic N) is 2. The second-order valence-electron chi connectivity index (χ2n) is 3.96. The third-order valence-corrected chi connectivity index (χ3v) is 2.62. The van der Waals surface area contributed by atoms with Crippen LogP contribution in [0.4, 0.5) is 5.69 Å². The molecular formula is C12H15N3O2. The van der Waals surface area contributed by atoms with Gasteiger partial charge in [0.2, 0.25) is 0 Å². The minimum atomic E-state index is -0.256. The van der Waals surface area contributed by atoms with Gasteiger partial charge in [0, 0.05) is 12.7 Å². The topological polar surface area (TPSA) is 58.2 Å². The molecule has 1 heterocycles. The summed E-state index contributed by atoms with van der Waals surface area (Å²) in [6.07, 6.45) is 0. The lowest BCUT2D eigenvalue weighted by molar-refractivity contribution is -0.138. The molecule has 1 N–H and O–H groups in total. The first-order valence-electron chi connectivity index (χ1n) is 5.34. The molecule has 0 aliphatic carbocycles. The van der Waals surface area contributed by atoms with E-state index in [-0.39, 0.29) is 12.5 Å². The Morgan fingerprint density at radius 1 is 1.53 bits per heavy atom. The predicted molar refractivity (Wildman–Crippen MR) is 66.1 cm³/mol. The number of fused-ring (bicyclic) bond motifs is 1. The molecule has 90 valence electrons. The number of hydrogen-bond acceptors (Lipinski definition) is 4. The molecule has 2 aromatic rings. The maximum Gasteiger partial charge on any atom is 0.325 e. The van der Waals surface area contributed by atoms with Crippen molar-refractivity contribution >= 4 is 22.7 Å². The van der Waals surface area contributed by atoms with Crippen molar-refractivity contribution in [1.29, 1.82) is 0 Å². The highest BCUT2D eigenvalue weighted by atomic mass is 16.5. The Bertz CT molecular complexity index is 548. The molecule has 0 saturated heterocycles. The van der Waals surface area contributed by atoms with Gasteiger partial charge < -0.3 is 14.6 Å². The largest absolute Gasteiger partial charge is 0.468 e. The van der Waals surface area contributed by atoms with Crippen LogP contribution in [0.15, 0.2) is 18.2 Å². The Hall–Kier alpha value is -2.04. The molecule has 0 amide bonds. The SMILES string of the molecule is COC(=O)CN(C)c1ccc2nc(C)[nH]c2c1. The van der Waals surface area contributed by atoms with Gasteiger partial charge in [0.15, 0.2) is 0 Å². The summed E-state index contributed by atoms with van der Waals surface area (Å²) in [6.45, 7) is 2.15. The Morgan fingerprint density at radius 3 is 3.00 bits per heavy atom. The van der Waals surface area contributed by atoms with E-state index in [0.717, 1.165) is 22.5 Å². The van der Waals surface area contributed by atoms with Crippen molar-refractivity contribution in [3.63, 3.8) is 0 Å². The monoisotopic (exact) mass is 233 g/mol. The highest BCUT2D eigenvalue weighted by molar-refractivity contribution is 5.81. The summed E-state index contributed by atoms with van der Waals surface area (Å²) < 4.78 is 4.63. The molecule has 0 aliphatic rings. The zero-order valence-electron chi connectivity index (χ0n) is 10.2. The molecule has 0 atom stereocenters. The molecular weight excluding hydrogens is 218 g/mol. The van der Waals surface area contributed by atoms with E-state index in [1.807, 2.05) is 37.1 Å². The highest BCUT2D eigenvalue weighted by Crippen LogP contribution is 2.19. The van der Waals surface area contributed by atoms with Crippen LogP contribution in [0.25, 0.3) is 11.0 Å². The average Bonchev–Trinajstić information content (AvgIpc) is 2.67. The Balaban J connectivity index is 2.26. The second kappa shape index (κ2) is 4.45. The van der Waals surface area contributed by atoms with Crippen LogP contribution in [0.3, 0.4) is 0 Å². The molecule has 0 saturated carbocycles. The van der Waals surface area contributed by atoms with Gasteiger partial charge in [0.25, 0.3) is 0 Å². The standard InChI is InChI=1S/C12H15N3O2/c1-8-13-10-5-4-9(6-11(10)14-8)15(2)7-12(16)17-3/h4-6H,7H2,1-3H3,(H,13,14). The molecule has 0 radical (unpaired) electrons. The van der Waals surface area contributed by atoms with Crippen LogP contribution in [0.5, 0.6) is 0 Å². The van der Waals surface area contributed by atoms with Crippen molar-refractivity contribution < 1.29 is 9.53 Å². The summed E-state index contributed by atoms with van der Waals surface area (Å²) in [5.74, 6) is 0.626. The number of carbonyl (C=O) groups is 1. The van der Waals surface area contributed by atoms with Crippen molar-refractivity contribution in [3.05, 3.63) is 24.0 Å². The number of anilines is 1.